The van der Waals surface area contributed by atoms with Crippen LogP contribution in [-0.4, -0.2) is 33.6 Å². The number of aliphatic hydroxyl groups excluding tert-OH is 1. The van der Waals surface area contributed by atoms with Crippen LogP contribution in [0.1, 0.15) is 41.0 Å². The highest BCUT2D eigenvalue weighted by Crippen LogP contribution is 2.47. The SMILES string of the molecule is CC(O)C1CCN(O)C(C)(C)C1(C)C. The molecule has 0 saturated carbocycles. The quantitative estimate of drug-likeness (QED) is 0.681. The summed E-state index contributed by atoms with van der Waals surface area (Å²) >= 11 is 0. The topological polar surface area (TPSA) is 43.7 Å². The lowest BCUT2D eigenvalue weighted by atomic mass is 9.61. The Hall–Kier alpha value is -0.120. The molecule has 0 spiro atoms. The Morgan fingerprint density at radius 2 is 1.79 bits per heavy atom. The summed E-state index contributed by atoms with van der Waals surface area (Å²) < 4.78 is 0. The van der Waals surface area contributed by atoms with E-state index < -0.39 is 0 Å². The van der Waals surface area contributed by atoms with Crippen LogP contribution in [0.5, 0.6) is 0 Å². The van der Waals surface area contributed by atoms with Gasteiger partial charge in [0.2, 0.25) is 0 Å². The summed E-state index contributed by atoms with van der Waals surface area (Å²) in [4.78, 5) is 0. The van der Waals surface area contributed by atoms with Gasteiger partial charge in [-0.15, -0.1) is 0 Å². The Labute approximate surface area is 86.7 Å². The summed E-state index contributed by atoms with van der Waals surface area (Å²) in [6.45, 7) is 10.8. The number of aliphatic hydroxyl groups is 1. The van der Waals surface area contributed by atoms with Crippen molar-refractivity contribution in [3.63, 3.8) is 0 Å². The lowest BCUT2D eigenvalue weighted by molar-refractivity contribution is -0.242. The molecule has 1 aliphatic rings. The van der Waals surface area contributed by atoms with Crippen molar-refractivity contribution in [1.82, 2.24) is 5.06 Å². The number of nitrogens with zero attached hydrogens (tertiary/aromatic N) is 1. The van der Waals surface area contributed by atoms with Gasteiger partial charge in [-0.2, -0.15) is 5.06 Å². The van der Waals surface area contributed by atoms with Crippen molar-refractivity contribution >= 4 is 0 Å². The lowest BCUT2D eigenvalue weighted by Gasteiger charge is -2.55. The van der Waals surface area contributed by atoms with Gasteiger partial charge < -0.3 is 10.3 Å². The maximum Gasteiger partial charge on any atom is 0.0546 e. The zero-order chi connectivity index (χ0) is 11.1. The summed E-state index contributed by atoms with van der Waals surface area (Å²) in [6.07, 6.45) is 0.544. The van der Waals surface area contributed by atoms with Crippen LogP contribution >= 0.6 is 0 Å². The third kappa shape index (κ3) is 1.58. The molecule has 0 bridgehead atoms. The molecule has 2 unspecified atom stereocenters. The van der Waals surface area contributed by atoms with E-state index in [4.69, 9.17) is 0 Å². The molecule has 0 aromatic heterocycles. The number of hydroxylamine groups is 2. The third-order valence-electron chi connectivity index (χ3n) is 4.38. The van der Waals surface area contributed by atoms with Crippen LogP contribution in [0.2, 0.25) is 0 Å². The van der Waals surface area contributed by atoms with Crippen LogP contribution in [0, 0.1) is 11.3 Å². The maximum atomic E-state index is 9.82. The molecule has 84 valence electrons. The summed E-state index contributed by atoms with van der Waals surface area (Å²) in [5.74, 6) is 0.251. The van der Waals surface area contributed by atoms with Gasteiger partial charge >= 0.3 is 0 Å². The molecule has 0 aliphatic carbocycles. The van der Waals surface area contributed by atoms with E-state index in [0.29, 0.717) is 6.54 Å². The molecule has 14 heavy (non-hydrogen) atoms. The summed E-state index contributed by atoms with van der Waals surface area (Å²) in [7, 11) is 0. The molecule has 3 heteroatoms. The Morgan fingerprint density at radius 3 is 2.21 bits per heavy atom. The normalized spacial score (nSPS) is 34.1. The summed E-state index contributed by atoms with van der Waals surface area (Å²) in [6, 6.07) is 0. The van der Waals surface area contributed by atoms with E-state index in [1.165, 1.54) is 5.06 Å². The largest absolute Gasteiger partial charge is 0.393 e. The number of hydrogen-bond donors (Lipinski definition) is 2. The van der Waals surface area contributed by atoms with E-state index >= 15 is 0 Å². The van der Waals surface area contributed by atoms with E-state index in [9.17, 15) is 10.3 Å². The van der Waals surface area contributed by atoms with Crippen molar-refractivity contribution in [2.75, 3.05) is 6.54 Å². The van der Waals surface area contributed by atoms with Crippen molar-refractivity contribution in [3.8, 4) is 0 Å². The molecule has 3 nitrogen and oxygen atoms in total. The second-order valence-electron chi connectivity index (χ2n) is 5.54. The van der Waals surface area contributed by atoms with Crippen molar-refractivity contribution in [2.24, 2.45) is 11.3 Å². The zero-order valence-corrected chi connectivity index (χ0v) is 9.91. The van der Waals surface area contributed by atoms with Crippen LogP contribution in [-0.2, 0) is 0 Å². The predicted molar refractivity (Wildman–Crippen MR) is 56.1 cm³/mol. The summed E-state index contributed by atoms with van der Waals surface area (Å²) in [5.41, 5.74) is -0.374. The first kappa shape index (κ1) is 12.0. The average Bonchev–Trinajstić information content (AvgIpc) is 2.00. The zero-order valence-electron chi connectivity index (χ0n) is 9.91. The monoisotopic (exact) mass is 201 g/mol. The van der Waals surface area contributed by atoms with Gasteiger partial charge in [0.1, 0.15) is 0 Å². The Morgan fingerprint density at radius 1 is 1.29 bits per heavy atom. The number of hydrogen-bond acceptors (Lipinski definition) is 3. The van der Waals surface area contributed by atoms with Gasteiger partial charge in [-0.05, 0) is 38.5 Å². The van der Waals surface area contributed by atoms with E-state index in [-0.39, 0.29) is 23.0 Å². The van der Waals surface area contributed by atoms with Gasteiger partial charge in [0, 0.05) is 12.1 Å². The van der Waals surface area contributed by atoms with Crippen LogP contribution in [0.4, 0.5) is 0 Å². The molecule has 0 aromatic carbocycles. The average molecular weight is 201 g/mol. The Balaban J connectivity index is 2.97. The van der Waals surface area contributed by atoms with Crippen LogP contribution in [0.15, 0.2) is 0 Å². The summed E-state index contributed by atoms with van der Waals surface area (Å²) in [5, 5.41) is 21.0. The minimum absolute atomic E-state index is 0.0891. The molecule has 1 rings (SSSR count). The third-order valence-corrected chi connectivity index (χ3v) is 4.38. The first-order valence-corrected chi connectivity index (χ1v) is 5.36. The van der Waals surface area contributed by atoms with Gasteiger partial charge in [0.05, 0.1) is 6.10 Å². The second-order valence-corrected chi connectivity index (χ2v) is 5.54. The van der Waals surface area contributed by atoms with Gasteiger partial charge in [-0.1, -0.05) is 13.8 Å². The first-order chi connectivity index (χ1) is 6.21. The molecular weight excluding hydrogens is 178 g/mol. The molecule has 2 N–H and O–H groups in total. The van der Waals surface area contributed by atoms with Crippen molar-refractivity contribution in [1.29, 1.82) is 0 Å². The Bertz CT molecular complexity index is 211. The minimum atomic E-state index is -0.307. The maximum absolute atomic E-state index is 9.82. The number of piperidine rings is 1. The van der Waals surface area contributed by atoms with Crippen LogP contribution < -0.4 is 0 Å². The highest BCUT2D eigenvalue weighted by atomic mass is 16.5. The molecular formula is C11H23NO2. The molecule has 2 atom stereocenters. The van der Waals surface area contributed by atoms with Gasteiger partial charge in [0.25, 0.3) is 0 Å². The fraction of sp³-hybridized carbons (Fsp3) is 1.00. The van der Waals surface area contributed by atoms with Crippen LogP contribution in [0.25, 0.3) is 0 Å². The fourth-order valence-electron chi connectivity index (χ4n) is 2.53. The highest BCUT2D eigenvalue weighted by Gasteiger charge is 2.51. The van der Waals surface area contributed by atoms with Gasteiger partial charge in [0.15, 0.2) is 0 Å². The molecule has 1 heterocycles. The molecule has 0 aromatic rings. The predicted octanol–water partition coefficient (Wildman–Crippen LogP) is 1.88. The van der Waals surface area contributed by atoms with Crippen molar-refractivity contribution < 1.29 is 10.3 Å². The smallest absolute Gasteiger partial charge is 0.0546 e. The first-order valence-electron chi connectivity index (χ1n) is 5.36. The lowest BCUT2D eigenvalue weighted by Crippen LogP contribution is -2.61. The standard InChI is InChI=1S/C11H23NO2/c1-8(13)9-6-7-12(14)11(4,5)10(9,2)3/h8-9,13-14H,6-7H2,1-5H3. The van der Waals surface area contributed by atoms with E-state index in [1.54, 1.807) is 0 Å². The Kier molecular flexibility index (Phi) is 2.96. The molecule has 1 fully saturated rings. The van der Waals surface area contributed by atoms with E-state index in [1.807, 2.05) is 20.8 Å². The molecule has 1 saturated heterocycles. The van der Waals surface area contributed by atoms with E-state index in [2.05, 4.69) is 13.8 Å². The highest BCUT2D eigenvalue weighted by molar-refractivity contribution is 5.01. The minimum Gasteiger partial charge on any atom is -0.393 e. The van der Waals surface area contributed by atoms with Crippen molar-refractivity contribution in [3.05, 3.63) is 0 Å². The molecule has 0 amide bonds. The molecule has 0 radical (unpaired) electrons. The number of rotatable bonds is 1. The van der Waals surface area contributed by atoms with Gasteiger partial charge in [-0.25, -0.2) is 0 Å². The fourth-order valence-corrected chi connectivity index (χ4v) is 2.53. The van der Waals surface area contributed by atoms with Crippen LogP contribution in [0.3, 0.4) is 0 Å². The molecule has 1 aliphatic heterocycles. The van der Waals surface area contributed by atoms with E-state index in [0.717, 1.165) is 6.42 Å². The van der Waals surface area contributed by atoms with Gasteiger partial charge in [-0.3, -0.25) is 0 Å². The second kappa shape index (κ2) is 3.47. The van der Waals surface area contributed by atoms with Crippen molar-refractivity contribution in [2.45, 2.75) is 52.7 Å².